The monoisotopic (exact) mass is 287 g/mol. The van der Waals surface area contributed by atoms with Crippen molar-refractivity contribution in [3.63, 3.8) is 0 Å². The Morgan fingerprint density at radius 3 is 2.33 bits per heavy atom. The van der Waals surface area contributed by atoms with Crippen LogP contribution in [0.2, 0.25) is 0 Å². The molecule has 1 amide bonds. The number of amides is 1. The Hall–Kier alpha value is 0.120. The lowest BCUT2D eigenvalue weighted by Gasteiger charge is -2.24. The smallest absolute Gasteiger partial charge is 0.252 e. The van der Waals surface area contributed by atoms with Gasteiger partial charge in [-0.1, -0.05) is 0 Å². The first-order valence-electron chi connectivity index (χ1n) is 3.73. The zero-order valence-electron chi connectivity index (χ0n) is 8.00. The number of rotatable bonds is 4. The first-order valence-corrected chi connectivity index (χ1v) is 4.69. The molecule has 0 aliphatic carbocycles. The molecule has 0 aromatic heterocycles. The molecule has 0 radical (unpaired) electrons. The van der Waals surface area contributed by atoms with E-state index in [1.54, 1.807) is 0 Å². The van der Waals surface area contributed by atoms with Gasteiger partial charge < -0.3 is 4.48 Å². The molecular weight excluding hydrogens is 271 g/mol. The maximum atomic E-state index is 10.7. The quantitative estimate of drug-likeness (QED) is 0.332. The Morgan fingerprint density at radius 2 is 2.00 bits per heavy atom. The van der Waals surface area contributed by atoms with Gasteiger partial charge >= 0.3 is 0 Å². The normalized spacial score (nSPS) is 11.4. The summed E-state index contributed by atoms with van der Waals surface area (Å²) >= 11 is 1.84. The predicted molar refractivity (Wildman–Crippen MR) is 55.4 cm³/mol. The molecule has 12 heavy (non-hydrogen) atoms. The number of hydroxylamine groups is 1. The Balaban J connectivity index is 3.51. The maximum absolute atomic E-state index is 10.7. The van der Waals surface area contributed by atoms with Crippen LogP contribution in [0, 0.1) is 0 Å². The third-order valence-corrected chi connectivity index (χ3v) is 2.17. The van der Waals surface area contributed by atoms with Gasteiger partial charge in [-0.15, -0.1) is 0 Å². The summed E-state index contributed by atoms with van der Waals surface area (Å²) in [6, 6.07) is 0. The van der Waals surface area contributed by atoms with Gasteiger partial charge in [0.15, 0.2) is 0 Å². The molecule has 0 aliphatic heterocycles. The lowest BCUT2D eigenvalue weighted by atomic mass is 10.5. The van der Waals surface area contributed by atoms with Crippen molar-refractivity contribution in [2.45, 2.75) is 6.92 Å². The third kappa shape index (κ3) is 6.81. The second-order valence-corrected chi connectivity index (χ2v) is 4.49. The first kappa shape index (κ1) is 12.1. The van der Waals surface area contributed by atoms with Crippen molar-refractivity contribution in [1.29, 1.82) is 0 Å². The van der Waals surface area contributed by atoms with E-state index in [1.165, 1.54) is 10.2 Å². The zero-order chi connectivity index (χ0) is 9.78. The van der Waals surface area contributed by atoms with Crippen LogP contribution in [0.5, 0.6) is 0 Å². The van der Waals surface area contributed by atoms with Crippen molar-refractivity contribution >= 4 is 28.8 Å². The van der Waals surface area contributed by atoms with E-state index in [2.05, 4.69) is 21.1 Å². The Kier molecular flexibility index (Phi) is 5.03. The number of carbonyl (C=O) groups is 1. The number of hydrogen-bond acceptors (Lipinski definition) is 2. The van der Waals surface area contributed by atoms with E-state index >= 15 is 0 Å². The van der Waals surface area contributed by atoms with E-state index in [9.17, 15) is 4.79 Å². The lowest BCUT2D eigenvalue weighted by molar-refractivity contribution is -0.871. The fourth-order valence-corrected chi connectivity index (χ4v) is 0.683. The van der Waals surface area contributed by atoms with Crippen LogP contribution < -0.4 is 0 Å². The minimum absolute atomic E-state index is 0.0861. The molecule has 0 rings (SSSR count). The molecule has 0 aromatic carbocycles. The Bertz CT molecular complexity index is 156. The topological polar surface area (TPSA) is 29.5 Å². The van der Waals surface area contributed by atoms with Crippen molar-refractivity contribution in [1.82, 2.24) is 3.28 Å². The minimum Gasteiger partial charge on any atom is -0.329 e. The van der Waals surface area contributed by atoms with Gasteiger partial charge in [0.05, 0.1) is 44.0 Å². The van der Waals surface area contributed by atoms with E-state index in [4.69, 9.17) is 4.84 Å². The van der Waals surface area contributed by atoms with Crippen molar-refractivity contribution in [2.24, 2.45) is 0 Å². The van der Waals surface area contributed by atoms with E-state index in [0.717, 1.165) is 11.0 Å². The molecule has 0 bridgehead atoms. The number of likely N-dealkylation sites (N-methyl/N-ethyl adjacent to an activating group) is 1. The van der Waals surface area contributed by atoms with Gasteiger partial charge in [0.2, 0.25) is 0 Å². The molecule has 0 heterocycles. The van der Waals surface area contributed by atoms with Crippen LogP contribution in [0.25, 0.3) is 0 Å². The highest BCUT2D eigenvalue weighted by atomic mass is 127. The average molecular weight is 287 g/mol. The van der Waals surface area contributed by atoms with Crippen LogP contribution in [0.3, 0.4) is 0 Å². The molecule has 4 nitrogen and oxygen atoms in total. The van der Waals surface area contributed by atoms with Crippen LogP contribution in [-0.4, -0.2) is 48.0 Å². The summed E-state index contributed by atoms with van der Waals surface area (Å²) in [6.07, 6.45) is 0. The second kappa shape index (κ2) is 4.98. The fraction of sp³-hybridized carbons (Fsp3) is 0.857. The zero-order valence-corrected chi connectivity index (χ0v) is 10.2. The standard InChI is InChI=1S/C7H16IN2O2/c1-7(11)9(8)12-6-5-10(2,3)4/h5-6H2,1-4H3/q+1. The predicted octanol–water partition coefficient (Wildman–Crippen LogP) is 0.823. The summed E-state index contributed by atoms with van der Waals surface area (Å²) in [5.41, 5.74) is 0. The molecule has 0 atom stereocenters. The highest BCUT2D eigenvalue weighted by Gasteiger charge is 2.09. The first-order chi connectivity index (χ1) is 5.33. The van der Waals surface area contributed by atoms with Gasteiger partial charge in [-0.05, 0) is 0 Å². The van der Waals surface area contributed by atoms with Gasteiger partial charge in [0, 0.05) is 6.92 Å². The van der Waals surface area contributed by atoms with Crippen LogP contribution in [0.1, 0.15) is 6.92 Å². The Morgan fingerprint density at radius 1 is 1.50 bits per heavy atom. The highest BCUT2D eigenvalue weighted by Crippen LogP contribution is 2.00. The number of quaternary nitrogens is 1. The Labute approximate surface area is 87.5 Å². The summed E-state index contributed by atoms with van der Waals surface area (Å²) in [4.78, 5) is 15.8. The molecule has 0 fully saturated rings. The van der Waals surface area contributed by atoms with E-state index in [1.807, 2.05) is 22.9 Å². The molecule has 5 heteroatoms. The molecule has 0 saturated carbocycles. The number of nitrogens with zero attached hydrogens (tertiary/aromatic N) is 2. The number of halogens is 1. The van der Waals surface area contributed by atoms with Gasteiger partial charge in [-0.2, -0.15) is 3.28 Å². The van der Waals surface area contributed by atoms with Crippen molar-refractivity contribution in [3.8, 4) is 0 Å². The third-order valence-electron chi connectivity index (χ3n) is 1.21. The van der Waals surface area contributed by atoms with Gasteiger partial charge in [-0.25, -0.2) is 0 Å². The van der Waals surface area contributed by atoms with Crippen LogP contribution in [0.15, 0.2) is 0 Å². The molecule has 72 valence electrons. The molecule has 0 N–H and O–H groups in total. The lowest BCUT2D eigenvalue weighted by Crippen LogP contribution is -2.38. The van der Waals surface area contributed by atoms with Crippen molar-refractivity contribution < 1.29 is 14.1 Å². The minimum atomic E-state index is -0.0861. The van der Waals surface area contributed by atoms with Gasteiger partial charge in [0.1, 0.15) is 13.2 Å². The molecule has 0 aliphatic rings. The number of carbonyl (C=O) groups excluding carboxylic acids is 1. The highest BCUT2D eigenvalue weighted by molar-refractivity contribution is 14.1. The molecule has 0 aromatic rings. The maximum Gasteiger partial charge on any atom is 0.252 e. The molecule has 0 saturated heterocycles. The SMILES string of the molecule is CC(=O)N(I)OCC[N+](C)(C)C. The summed E-state index contributed by atoms with van der Waals surface area (Å²) in [6.45, 7) is 2.91. The van der Waals surface area contributed by atoms with Crippen LogP contribution in [0.4, 0.5) is 0 Å². The van der Waals surface area contributed by atoms with Crippen LogP contribution in [-0.2, 0) is 9.63 Å². The van der Waals surface area contributed by atoms with Gasteiger partial charge in [0.25, 0.3) is 5.91 Å². The molecule has 0 spiro atoms. The van der Waals surface area contributed by atoms with Crippen molar-refractivity contribution in [2.75, 3.05) is 34.3 Å². The summed E-state index contributed by atoms with van der Waals surface area (Å²) in [5.74, 6) is -0.0861. The fourth-order valence-electron chi connectivity index (χ4n) is 0.486. The average Bonchev–Trinajstić information content (AvgIpc) is 1.84. The summed E-state index contributed by atoms with van der Waals surface area (Å²) in [5, 5.41) is 0. The largest absolute Gasteiger partial charge is 0.329 e. The van der Waals surface area contributed by atoms with Gasteiger partial charge in [-0.3, -0.25) is 9.63 Å². The molecule has 0 unspecified atom stereocenters. The molecular formula is C7H16IN2O2+. The van der Waals surface area contributed by atoms with E-state index in [-0.39, 0.29) is 5.91 Å². The summed E-state index contributed by atoms with van der Waals surface area (Å²) < 4.78 is 2.07. The summed E-state index contributed by atoms with van der Waals surface area (Å²) in [7, 11) is 6.23. The van der Waals surface area contributed by atoms with Crippen molar-refractivity contribution in [3.05, 3.63) is 0 Å². The second-order valence-electron chi connectivity index (χ2n) is 3.61. The van der Waals surface area contributed by atoms with Crippen LogP contribution >= 0.6 is 22.9 Å². The van der Waals surface area contributed by atoms with E-state index < -0.39 is 0 Å². The number of hydrogen-bond donors (Lipinski definition) is 0. The van der Waals surface area contributed by atoms with E-state index in [0.29, 0.717) is 6.61 Å².